The fourth-order valence-corrected chi connectivity index (χ4v) is 15.4. The number of anilines is 3. The van der Waals surface area contributed by atoms with Gasteiger partial charge in [-0.05, 0) is 132 Å². The van der Waals surface area contributed by atoms with Gasteiger partial charge in [0.25, 0.3) is 6.71 Å². The Morgan fingerprint density at radius 2 is 1.05 bits per heavy atom. The summed E-state index contributed by atoms with van der Waals surface area (Å²) in [5.74, 6) is 0.255. The molecule has 370 valence electrons. The van der Waals surface area contributed by atoms with Crippen molar-refractivity contribution in [3.8, 4) is 39.1 Å². The van der Waals surface area contributed by atoms with Crippen molar-refractivity contribution in [2.75, 3.05) is 4.90 Å². The van der Waals surface area contributed by atoms with E-state index < -0.39 is 5.41 Å². The largest absolute Gasteiger partial charge is 0.310 e. The quantitative estimate of drug-likeness (QED) is 0.151. The minimum Gasteiger partial charge on any atom is -0.310 e. The van der Waals surface area contributed by atoms with Crippen molar-refractivity contribution in [2.45, 2.75) is 51.4 Å². The molecule has 0 spiro atoms. The number of hydrogen-bond acceptors (Lipinski definition) is 2. The highest BCUT2D eigenvalue weighted by Crippen LogP contribution is 2.60. The SMILES string of the molecule is CC(C)c1cc2c3c(c1)-n1c4ccccc4c4c5c(cc(c41)B3c1cc3sc4ccccc4c3cc1N2c1c(-c2ccccc2)cc(C(C)(C)C)cc1-c1ccccc1)C(c1ccccc1)(c1ccccc1)c1ccccc1-5. The van der Waals surface area contributed by atoms with E-state index in [1.807, 2.05) is 11.3 Å². The maximum absolute atomic E-state index is 2.73. The fourth-order valence-electron chi connectivity index (χ4n) is 14.3. The topological polar surface area (TPSA) is 8.17 Å². The molecular formula is C74H55BN2S. The molecule has 13 aromatic rings. The van der Waals surface area contributed by atoms with Gasteiger partial charge in [-0.15, -0.1) is 11.3 Å². The summed E-state index contributed by atoms with van der Waals surface area (Å²) in [6, 6.07) is 90.7. The van der Waals surface area contributed by atoms with Gasteiger partial charge in [0, 0.05) is 59.1 Å². The average Bonchev–Trinajstić information content (AvgIpc) is 3.63. The van der Waals surface area contributed by atoms with Crippen LogP contribution in [0.3, 0.4) is 0 Å². The molecule has 0 fully saturated rings. The molecule has 0 radical (unpaired) electrons. The Morgan fingerprint density at radius 3 is 1.71 bits per heavy atom. The molecule has 2 aromatic heterocycles. The molecule has 78 heavy (non-hydrogen) atoms. The number of fused-ring (bicyclic) bond motifs is 14. The molecule has 0 N–H and O–H groups in total. The van der Waals surface area contributed by atoms with Crippen LogP contribution in [0.2, 0.25) is 0 Å². The van der Waals surface area contributed by atoms with Crippen LogP contribution in [-0.2, 0) is 10.8 Å². The van der Waals surface area contributed by atoms with Crippen LogP contribution in [0.4, 0.5) is 17.1 Å². The van der Waals surface area contributed by atoms with Crippen molar-refractivity contribution in [2.24, 2.45) is 0 Å². The minimum absolute atomic E-state index is 0.108. The first kappa shape index (κ1) is 45.5. The lowest BCUT2D eigenvalue weighted by Gasteiger charge is -2.43. The normalized spacial score (nSPS) is 13.9. The monoisotopic (exact) mass is 1010 g/mol. The Balaban J connectivity index is 1.12. The number of nitrogens with zero attached hydrogens (tertiary/aromatic N) is 2. The van der Waals surface area contributed by atoms with E-state index in [2.05, 4.69) is 281 Å². The predicted octanol–water partition coefficient (Wildman–Crippen LogP) is 17.9. The van der Waals surface area contributed by atoms with Gasteiger partial charge in [-0.1, -0.05) is 223 Å². The number of hydrogen-bond donors (Lipinski definition) is 0. The highest BCUT2D eigenvalue weighted by Gasteiger charge is 2.51. The van der Waals surface area contributed by atoms with Crippen LogP contribution in [0, 0.1) is 0 Å². The summed E-state index contributed by atoms with van der Waals surface area (Å²) < 4.78 is 5.31. The molecule has 0 bridgehead atoms. The number of benzene rings is 11. The lowest BCUT2D eigenvalue weighted by atomic mass is 9.33. The van der Waals surface area contributed by atoms with Gasteiger partial charge in [0.15, 0.2) is 0 Å². The zero-order valence-corrected chi connectivity index (χ0v) is 45.3. The van der Waals surface area contributed by atoms with Crippen LogP contribution in [0.5, 0.6) is 0 Å². The van der Waals surface area contributed by atoms with Gasteiger partial charge in [0.1, 0.15) is 0 Å². The predicted molar refractivity (Wildman–Crippen MR) is 334 cm³/mol. The molecule has 0 atom stereocenters. The first-order valence-electron chi connectivity index (χ1n) is 27.7. The molecular weight excluding hydrogens is 960 g/mol. The Labute approximate surface area is 460 Å². The third kappa shape index (κ3) is 6.21. The molecule has 3 aliphatic rings. The molecule has 0 unspecified atom stereocenters. The van der Waals surface area contributed by atoms with Gasteiger partial charge in [-0.3, -0.25) is 0 Å². The number of para-hydroxylation sites is 1. The van der Waals surface area contributed by atoms with E-state index in [9.17, 15) is 0 Å². The Morgan fingerprint density at radius 1 is 0.474 bits per heavy atom. The van der Waals surface area contributed by atoms with Gasteiger partial charge in [-0.2, -0.15) is 0 Å². The van der Waals surface area contributed by atoms with Gasteiger partial charge < -0.3 is 9.47 Å². The molecule has 2 nitrogen and oxygen atoms in total. The maximum atomic E-state index is 2.73. The second-order valence-corrected chi connectivity index (χ2v) is 24.4. The smallest absolute Gasteiger partial charge is 0.252 e. The van der Waals surface area contributed by atoms with Crippen LogP contribution in [0.15, 0.2) is 237 Å². The molecule has 0 saturated carbocycles. The molecule has 4 heteroatoms. The number of rotatable bonds is 6. The summed E-state index contributed by atoms with van der Waals surface area (Å²) in [7, 11) is 0. The van der Waals surface area contributed by atoms with E-state index in [0.717, 1.165) is 0 Å². The van der Waals surface area contributed by atoms with Gasteiger partial charge in [0.05, 0.1) is 22.1 Å². The van der Waals surface area contributed by atoms with E-state index in [0.29, 0.717) is 0 Å². The Hall–Kier alpha value is -8.70. The minimum atomic E-state index is -0.587. The third-order valence-corrected chi connectivity index (χ3v) is 18.9. The van der Waals surface area contributed by atoms with Crippen LogP contribution < -0.4 is 21.3 Å². The Kier molecular flexibility index (Phi) is 9.71. The van der Waals surface area contributed by atoms with E-state index >= 15 is 0 Å². The standard InChI is InChI=1S/C74H55BN2S/c1-45(2)48-38-64-70-65(39-48)77(71-55(46-24-10-6-11-25-46)40-51(73(3,4)5)41-56(71)47-26-12-7-13-27-47)63-42-57-52-32-20-23-37-66(52)78-67(57)44-60(63)75(70)61-43-59-68(69-54-34-19-22-36-62(54)76(64)72(61)69)53-33-18-21-35-58(53)74(59,49-28-14-8-15-29-49)50-30-16-9-17-31-50/h6-45H,1-5H3. The molecule has 0 saturated heterocycles. The van der Waals surface area contributed by atoms with E-state index in [1.54, 1.807) is 0 Å². The summed E-state index contributed by atoms with van der Waals surface area (Å²) in [4.78, 5) is 2.73. The lowest BCUT2D eigenvalue weighted by Crippen LogP contribution is -2.60. The molecule has 0 amide bonds. The molecule has 2 aliphatic heterocycles. The average molecular weight is 1020 g/mol. The van der Waals surface area contributed by atoms with Crippen LogP contribution in [0.25, 0.3) is 81.0 Å². The maximum Gasteiger partial charge on any atom is 0.252 e. The van der Waals surface area contributed by atoms with Crippen molar-refractivity contribution in [1.29, 1.82) is 0 Å². The molecule has 11 aromatic carbocycles. The number of aromatic nitrogens is 1. The third-order valence-electron chi connectivity index (χ3n) is 17.7. The summed E-state index contributed by atoms with van der Waals surface area (Å²) in [5.41, 5.74) is 26.2. The summed E-state index contributed by atoms with van der Waals surface area (Å²) >= 11 is 1.92. The van der Waals surface area contributed by atoms with E-state index in [4.69, 9.17) is 0 Å². The van der Waals surface area contributed by atoms with E-state index in [-0.39, 0.29) is 18.0 Å². The highest BCUT2D eigenvalue weighted by molar-refractivity contribution is 7.26. The molecule has 4 heterocycles. The second kappa shape index (κ2) is 16.7. The first-order valence-corrected chi connectivity index (χ1v) is 28.5. The van der Waals surface area contributed by atoms with Crippen LogP contribution in [0.1, 0.15) is 73.9 Å². The van der Waals surface area contributed by atoms with Gasteiger partial charge in [-0.25, -0.2) is 0 Å². The Bertz CT molecular complexity index is 4520. The second-order valence-electron chi connectivity index (χ2n) is 23.3. The van der Waals surface area contributed by atoms with Crippen LogP contribution >= 0.6 is 11.3 Å². The molecule has 16 rings (SSSR count). The van der Waals surface area contributed by atoms with Crippen molar-refractivity contribution in [1.82, 2.24) is 4.57 Å². The summed E-state index contributed by atoms with van der Waals surface area (Å²) in [5, 5.41) is 5.22. The lowest BCUT2D eigenvalue weighted by molar-refractivity contribution is 0.591. The summed E-state index contributed by atoms with van der Waals surface area (Å²) in [6.45, 7) is 11.7. The number of thiophene rings is 1. The fraction of sp³-hybridized carbons (Fsp3) is 0.108. The first-order chi connectivity index (χ1) is 38.2. The van der Waals surface area contributed by atoms with Gasteiger partial charge in [0.2, 0.25) is 0 Å². The van der Waals surface area contributed by atoms with Crippen molar-refractivity contribution >= 4 is 93.5 Å². The van der Waals surface area contributed by atoms with Crippen molar-refractivity contribution in [3.05, 3.63) is 270 Å². The summed E-state index contributed by atoms with van der Waals surface area (Å²) in [6.07, 6.45) is 0. The van der Waals surface area contributed by atoms with Crippen LogP contribution in [-0.4, -0.2) is 11.3 Å². The van der Waals surface area contributed by atoms with Crippen molar-refractivity contribution in [3.63, 3.8) is 0 Å². The van der Waals surface area contributed by atoms with E-state index in [1.165, 1.54) is 148 Å². The van der Waals surface area contributed by atoms with Gasteiger partial charge >= 0.3 is 0 Å². The zero-order chi connectivity index (χ0) is 52.2. The zero-order valence-electron chi connectivity index (χ0n) is 44.5. The van der Waals surface area contributed by atoms with Crippen molar-refractivity contribution < 1.29 is 0 Å². The highest BCUT2D eigenvalue weighted by atomic mass is 32.1. The molecule has 1 aliphatic carbocycles.